The van der Waals surface area contributed by atoms with Crippen molar-refractivity contribution in [1.29, 1.82) is 5.26 Å². The third-order valence-electron chi connectivity index (χ3n) is 2.72. The average molecular weight is 270 g/mol. The van der Waals surface area contributed by atoms with Crippen LogP contribution < -0.4 is 5.32 Å². The molecular weight excluding hydrogens is 259 g/mol. The second kappa shape index (κ2) is 5.85. The van der Waals surface area contributed by atoms with Crippen LogP contribution in [0.15, 0.2) is 42.5 Å². The van der Waals surface area contributed by atoms with Gasteiger partial charge in [0.25, 0.3) is 0 Å². The number of carbonyl (C=O) groups is 1. The van der Waals surface area contributed by atoms with Crippen LogP contribution in [0.5, 0.6) is 5.75 Å². The predicted molar refractivity (Wildman–Crippen MR) is 71.6 cm³/mol. The number of hydrogen-bond donors (Lipinski definition) is 2. The van der Waals surface area contributed by atoms with E-state index in [0.29, 0.717) is 5.56 Å². The molecule has 0 unspecified atom stereocenters. The summed E-state index contributed by atoms with van der Waals surface area (Å²) in [7, 11) is 0. The Morgan fingerprint density at radius 2 is 2.05 bits per heavy atom. The van der Waals surface area contributed by atoms with Crippen LogP contribution in [0.2, 0.25) is 0 Å². The standard InChI is InChI=1S/C15H11FN2O2/c16-12-5-6-13(11(7-12)9-17)18-15(20)8-10-3-1-2-4-14(10)19/h1-7,19H,8H2,(H,18,20). The highest BCUT2D eigenvalue weighted by Gasteiger charge is 2.10. The molecule has 0 saturated heterocycles. The first-order valence-corrected chi connectivity index (χ1v) is 5.86. The Hall–Kier alpha value is -2.87. The van der Waals surface area contributed by atoms with Crippen LogP contribution in [-0.2, 0) is 11.2 Å². The molecule has 2 N–H and O–H groups in total. The van der Waals surface area contributed by atoms with Crippen molar-refractivity contribution in [2.24, 2.45) is 0 Å². The zero-order valence-corrected chi connectivity index (χ0v) is 10.4. The molecule has 2 aromatic rings. The van der Waals surface area contributed by atoms with Gasteiger partial charge < -0.3 is 10.4 Å². The molecule has 20 heavy (non-hydrogen) atoms. The molecule has 0 saturated carbocycles. The monoisotopic (exact) mass is 270 g/mol. The van der Waals surface area contributed by atoms with E-state index < -0.39 is 11.7 Å². The molecule has 0 bridgehead atoms. The maximum absolute atomic E-state index is 13.0. The minimum atomic E-state index is -0.541. The van der Waals surface area contributed by atoms with E-state index in [9.17, 15) is 14.3 Å². The zero-order chi connectivity index (χ0) is 14.5. The lowest BCUT2D eigenvalue weighted by Crippen LogP contribution is -2.15. The molecule has 2 aromatic carbocycles. The Labute approximate surface area is 115 Å². The Morgan fingerprint density at radius 1 is 1.30 bits per heavy atom. The van der Waals surface area contributed by atoms with Crippen molar-refractivity contribution in [1.82, 2.24) is 0 Å². The highest BCUT2D eigenvalue weighted by molar-refractivity contribution is 5.93. The van der Waals surface area contributed by atoms with Gasteiger partial charge in [-0.15, -0.1) is 0 Å². The van der Waals surface area contributed by atoms with Crippen LogP contribution in [0.25, 0.3) is 0 Å². The third kappa shape index (κ3) is 3.12. The summed E-state index contributed by atoms with van der Waals surface area (Å²) in [5.41, 5.74) is 0.774. The smallest absolute Gasteiger partial charge is 0.228 e. The van der Waals surface area contributed by atoms with E-state index in [-0.39, 0.29) is 23.4 Å². The maximum atomic E-state index is 13.0. The highest BCUT2D eigenvalue weighted by atomic mass is 19.1. The number of nitrogens with one attached hydrogen (secondary N) is 1. The van der Waals surface area contributed by atoms with Gasteiger partial charge in [-0.2, -0.15) is 5.26 Å². The Kier molecular flexibility index (Phi) is 3.96. The van der Waals surface area contributed by atoms with Crippen molar-refractivity contribution in [3.05, 3.63) is 59.4 Å². The summed E-state index contributed by atoms with van der Waals surface area (Å²) in [5, 5.41) is 21.0. The molecule has 0 aromatic heterocycles. The number of amides is 1. The normalized spacial score (nSPS) is 9.80. The quantitative estimate of drug-likeness (QED) is 0.900. The number of phenolic OH excluding ortho intramolecular Hbond substituents is 1. The molecule has 0 aliphatic heterocycles. The average Bonchev–Trinajstić information content (AvgIpc) is 2.43. The molecule has 5 heteroatoms. The van der Waals surface area contributed by atoms with E-state index in [4.69, 9.17) is 5.26 Å². The summed E-state index contributed by atoms with van der Waals surface area (Å²) in [6.45, 7) is 0. The van der Waals surface area contributed by atoms with Crippen LogP contribution in [0.3, 0.4) is 0 Å². The van der Waals surface area contributed by atoms with E-state index in [1.807, 2.05) is 6.07 Å². The van der Waals surface area contributed by atoms with Gasteiger partial charge in [-0.3, -0.25) is 4.79 Å². The molecule has 0 atom stereocenters. The Bertz CT molecular complexity index is 693. The van der Waals surface area contributed by atoms with Gasteiger partial charge in [0.15, 0.2) is 0 Å². The summed E-state index contributed by atoms with van der Waals surface area (Å²) >= 11 is 0. The SMILES string of the molecule is N#Cc1cc(F)ccc1NC(=O)Cc1ccccc1O. The minimum Gasteiger partial charge on any atom is -0.508 e. The van der Waals surface area contributed by atoms with Crippen molar-refractivity contribution in [3.63, 3.8) is 0 Å². The lowest BCUT2D eigenvalue weighted by molar-refractivity contribution is -0.115. The van der Waals surface area contributed by atoms with Gasteiger partial charge in [0.05, 0.1) is 17.7 Å². The van der Waals surface area contributed by atoms with Crippen LogP contribution in [-0.4, -0.2) is 11.0 Å². The summed E-state index contributed by atoms with van der Waals surface area (Å²) in [5.74, 6) is -0.905. The number of anilines is 1. The fraction of sp³-hybridized carbons (Fsp3) is 0.0667. The summed E-state index contributed by atoms with van der Waals surface area (Å²) in [6.07, 6.45) is -0.0328. The molecule has 100 valence electrons. The molecule has 0 heterocycles. The number of hydrogen-bond acceptors (Lipinski definition) is 3. The van der Waals surface area contributed by atoms with E-state index >= 15 is 0 Å². The number of nitrogens with zero attached hydrogens (tertiary/aromatic N) is 1. The number of carbonyl (C=O) groups excluding carboxylic acids is 1. The van der Waals surface area contributed by atoms with Crippen molar-refractivity contribution < 1.29 is 14.3 Å². The van der Waals surface area contributed by atoms with Crippen molar-refractivity contribution in [3.8, 4) is 11.8 Å². The minimum absolute atomic E-state index is 0.0299. The maximum Gasteiger partial charge on any atom is 0.228 e. The number of para-hydroxylation sites is 1. The van der Waals surface area contributed by atoms with Gasteiger partial charge in [-0.1, -0.05) is 18.2 Å². The van der Waals surface area contributed by atoms with Gasteiger partial charge >= 0.3 is 0 Å². The van der Waals surface area contributed by atoms with E-state index in [1.54, 1.807) is 18.2 Å². The molecule has 0 spiro atoms. The summed E-state index contributed by atoms with van der Waals surface area (Å²) < 4.78 is 13.0. The van der Waals surface area contributed by atoms with E-state index in [0.717, 1.165) is 12.1 Å². The zero-order valence-electron chi connectivity index (χ0n) is 10.4. The lowest BCUT2D eigenvalue weighted by atomic mass is 10.1. The number of benzene rings is 2. The number of aromatic hydroxyl groups is 1. The largest absolute Gasteiger partial charge is 0.508 e. The first-order valence-electron chi connectivity index (χ1n) is 5.86. The van der Waals surface area contributed by atoms with E-state index in [2.05, 4.69) is 5.32 Å². The second-order valence-electron chi connectivity index (χ2n) is 4.16. The fourth-order valence-corrected chi connectivity index (χ4v) is 1.75. The van der Waals surface area contributed by atoms with Gasteiger partial charge in [-0.25, -0.2) is 4.39 Å². The lowest BCUT2D eigenvalue weighted by Gasteiger charge is -2.08. The van der Waals surface area contributed by atoms with Crippen LogP contribution in [0.1, 0.15) is 11.1 Å². The number of phenols is 1. The number of halogens is 1. The van der Waals surface area contributed by atoms with Crippen molar-refractivity contribution in [2.45, 2.75) is 6.42 Å². The molecule has 2 rings (SSSR count). The van der Waals surface area contributed by atoms with Gasteiger partial charge in [-0.05, 0) is 24.3 Å². The molecule has 0 aliphatic rings. The summed E-state index contributed by atoms with van der Waals surface area (Å²) in [4.78, 5) is 11.9. The van der Waals surface area contributed by atoms with Gasteiger partial charge in [0.2, 0.25) is 5.91 Å². The molecule has 1 amide bonds. The van der Waals surface area contributed by atoms with Gasteiger partial charge in [0, 0.05) is 5.56 Å². The summed E-state index contributed by atoms with van der Waals surface area (Å²) in [6, 6.07) is 11.8. The molecule has 0 radical (unpaired) electrons. The fourth-order valence-electron chi connectivity index (χ4n) is 1.75. The Balaban J connectivity index is 2.13. The van der Waals surface area contributed by atoms with E-state index in [1.165, 1.54) is 12.1 Å². The van der Waals surface area contributed by atoms with Crippen molar-refractivity contribution >= 4 is 11.6 Å². The van der Waals surface area contributed by atoms with Crippen LogP contribution in [0.4, 0.5) is 10.1 Å². The number of nitriles is 1. The Morgan fingerprint density at radius 3 is 2.75 bits per heavy atom. The predicted octanol–water partition coefficient (Wildman–Crippen LogP) is 2.58. The topological polar surface area (TPSA) is 73.1 Å². The van der Waals surface area contributed by atoms with Crippen LogP contribution >= 0.6 is 0 Å². The highest BCUT2D eigenvalue weighted by Crippen LogP contribution is 2.19. The number of rotatable bonds is 3. The molecule has 0 aliphatic carbocycles. The first-order chi connectivity index (χ1) is 9.60. The van der Waals surface area contributed by atoms with Gasteiger partial charge in [0.1, 0.15) is 17.6 Å². The second-order valence-corrected chi connectivity index (χ2v) is 4.16. The van der Waals surface area contributed by atoms with Crippen molar-refractivity contribution in [2.75, 3.05) is 5.32 Å². The first kappa shape index (κ1) is 13.6. The third-order valence-corrected chi connectivity index (χ3v) is 2.72. The molecular formula is C15H11FN2O2. The van der Waals surface area contributed by atoms with Crippen LogP contribution in [0, 0.1) is 17.1 Å². The molecule has 0 fully saturated rings. The molecule has 4 nitrogen and oxygen atoms in total.